The number of rotatable bonds is 2. The molecule has 0 aliphatic heterocycles. The molecule has 4 nitrogen and oxygen atoms in total. The fourth-order valence-corrected chi connectivity index (χ4v) is 1.07. The lowest BCUT2D eigenvalue weighted by Gasteiger charge is -1.94. The molecular weight excluding hydrogens is 216 g/mol. The first-order valence-corrected chi connectivity index (χ1v) is 5.03. The van der Waals surface area contributed by atoms with Crippen LogP contribution in [-0.4, -0.2) is 20.6 Å². The molecule has 0 amide bonds. The Morgan fingerprint density at radius 3 is 2.29 bits per heavy atom. The predicted octanol–water partition coefficient (Wildman–Crippen LogP) is 2.76. The molecule has 88 valence electrons. The van der Waals surface area contributed by atoms with Crippen molar-refractivity contribution in [2.24, 2.45) is 0 Å². The quantitative estimate of drug-likeness (QED) is 0.863. The van der Waals surface area contributed by atoms with Crippen molar-refractivity contribution in [3.05, 3.63) is 61.2 Å². The van der Waals surface area contributed by atoms with Crippen molar-refractivity contribution in [3.8, 4) is 0 Å². The van der Waals surface area contributed by atoms with E-state index in [4.69, 9.17) is 5.11 Å². The molecule has 1 N–H and O–H groups in total. The highest BCUT2D eigenvalue weighted by Crippen LogP contribution is 1.96. The zero-order chi connectivity index (χ0) is 12.7. The zero-order valence-electron chi connectivity index (χ0n) is 9.58. The predicted molar refractivity (Wildman–Crippen MR) is 66.6 cm³/mol. The van der Waals surface area contributed by atoms with Gasteiger partial charge in [0.25, 0.3) is 0 Å². The minimum absolute atomic E-state index is 0.331. The molecule has 0 fully saturated rings. The molecule has 0 saturated carbocycles. The number of carbonyl (C=O) groups is 1. The summed E-state index contributed by atoms with van der Waals surface area (Å²) in [5.41, 5.74) is 1.32. The topological polar surface area (TPSA) is 55.1 Å². The number of hydrogen-bond acceptors (Lipinski definition) is 2. The van der Waals surface area contributed by atoms with E-state index in [1.807, 2.05) is 17.7 Å². The molecular formula is C13H14N2O2. The Morgan fingerprint density at radius 1 is 1.35 bits per heavy atom. The molecule has 1 heterocycles. The molecule has 0 radical (unpaired) electrons. The Kier molecular flexibility index (Phi) is 4.69. The van der Waals surface area contributed by atoms with E-state index in [2.05, 4.69) is 11.6 Å². The maximum atomic E-state index is 10.2. The first-order valence-electron chi connectivity index (χ1n) is 5.03. The second kappa shape index (κ2) is 6.27. The molecule has 0 bridgehead atoms. The normalized spacial score (nSPS) is 9.00. The molecule has 0 spiro atoms. The Morgan fingerprint density at radius 2 is 2.00 bits per heavy atom. The average Bonchev–Trinajstić information content (AvgIpc) is 2.84. The number of aromatic carboxylic acids is 1. The molecule has 0 atom stereocenters. The summed E-state index contributed by atoms with van der Waals surface area (Å²) >= 11 is 0. The molecule has 2 aromatic rings. The average molecular weight is 230 g/mol. The van der Waals surface area contributed by atoms with Crippen LogP contribution in [0, 0.1) is 0 Å². The van der Waals surface area contributed by atoms with Crippen molar-refractivity contribution >= 4 is 11.7 Å². The molecule has 1 aromatic carbocycles. The number of carboxylic acid groups (broad SMARTS) is 1. The second-order valence-corrected chi connectivity index (χ2v) is 3.38. The Labute approximate surface area is 99.9 Å². The number of hydrogen-bond donors (Lipinski definition) is 1. The summed E-state index contributed by atoms with van der Waals surface area (Å²) in [5.74, 6) is -0.879. The fourth-order valence-electron chi connectivity index (χ4n) is 1.07. The smallest absolute Gasteiger partial charge is 0.335 e. The highest BCUT2D eigenvalue weighted by atomic mass is 16.4. The molecule has 2 rings (SSSR count). The van der Waals surface area contributed by atoms with Crippen LogP contribution in [0.25, 0.3) is 5.70 Å². The van der Waals surface area contributed by atoms with Crippen LogP contribution in [-0.2, 0) is 0 Å². The maximum absolute atomic E-state index is 10.2. The van der Waals surface area contributed by atoms with E-state index in [0.29, 0.717) is 5.56 Å². The van der Waals surface area contributed by atoms with Crippen molar-refractivity contribution in [1.29, 1.82) is 0 Å². The summed E-state index contributed by atoms with van der Waals surface area (Å²) in [7, 11) is 0. The number of allylic oxidation sites excluding steroid dienone is 1. The SMILES string of the molecule is C=C(C)n1ccnc1.O=C(O)c1ccccc1. The monoisotopic (exact) mass is 230 g/mol. The van der Waals surface area contributed by atoms with E-state index in [1.165, 1.54) is 0 Å². The summed E-state index contributed by atoms with van der Waals surface area (Å²) in [6.45, 7) is 5.65. The van der Waals surface area contributed by atoms with Gasteiger partial charge in [-0.05, 0) is 19.1 Å². The number of nitrogens with zero attached hydrogens (tertiary/aromatic N) is 2. The lowest BCUT2D eigenvalue weighted by Crippen LogP contribution is -1.93. The zero-order valence-corrected chi connectivity index (χ0v) is 9.58. The van der Waals surface area contributed by atoms with E-state index in [9.17, 15) is 4.79 Å². The van der Waals surface area contributed by atoms with Gasteiger partial charge in [0.05, 0.1) is 11.9 Å². The number of benzene rings is 1. The molecule has 0 saturated heterocycles. The largest absolute Gasteiger partial charge is 0.478 e. The van der Waals surface area contributed by atoms with Crippen molar-refractivity contribution < 1.29 is 9.90 Å². The van der Waals surface area contributed by atoms with Crippen LogP contribution in [0.2, 0.25) is 0 Å². The molecule has 1 aromatic heterocycles. The molecule has 17 heavy (non-hydrogen) atoms. The summed E-state index contributed by atoms with van der Waals surface area (Å²) in [4.78, 5) is 14.0. The lowest BCUT2D eigenvalue weighted by atomic mass is 10.2. The van der Waals surface area contributed by atoms with Gasteiger partial charge in [0.1, 0.15) is 0 Å². The molecule has 0 aliphatic carbocycles. The molecule has 4 heteroatoms. The van der Waals surface area contributed by atoms with Gasteiger partial charge in [-0.25, -0.2) is 9.78 Å². The summed E-state index contributed by atoms with van der Waals surface area (Å²) in [6, 6.07) is 8.30. The first-order chi connectivity index (χ1) is 8.11. The van der Waals surface area contributed by atoms with Gasteiger partial charge < -0.3 is 9.67 Å². The van der Waals surface area contributed by atoms with E-state index < -0.39 is 5.97 Å². The van der Waals surface area contributed by atoms with Crippen LogP contribution in [0.4, 0.5) is 0 Å². The Hall–Kier alpha value is -2.36. The third-order valence-corrected chi connectivity index (χ3v) is 1.97. The minimum Gasteiger partial charge on any atom is -0.478 e. The standard InChI is InChI=1S/C7H6O2.C6H8N2/c8-7(9)6-4-2-1-3-5-6;1-6(2)8-4-3-7-5-8/h1-5H,(H,8,9);3-5H,1H2,2H3. The van der Waals surface area contributed by atoms with Crippen molar-refractivity contribution in [3.63, 3.8) is 0 Å². The van der Waals surface area contributed by atoms with Gasteiger partial charge in [0.2, 0.25) is 0 Å². The maximum Gasteiger partial charge on any atom is 0.335 e. The van der Waals surface area contributed by atoms with E-state index in [1.54, 1.807) is 42.9 Å². The van der Waals surface area contributed by atoms with Gasteiger partial charge in [-0.2, -0.15) is 0 Å². The van der Waals surface area contributed by atoms with Crippen molar-refractivity contribution in [1.82, 2.24) is 9.55 Å². The summed E-state index contributed by atoms with van der Waals surface area (Å²) in [6.07, 6.45) is 5.32. The summed E-state index contributed by atoms with van der Waals surface area (Å²) in [5, 5.41) is 8.38. The fraction of sp³-hybridized carbons (Fsp3) is 0.0769. The second-order valence-electron chi connectivity index (χ2n) is 3.38. The minimum atomic E-state index is -0.879. The molecule has 0 unspecified atom stereocenters. The van der Waals surface area contributed by atoms with Gasteiger partial charge in [0, 0.05) is 18.1 Å². The Bertz CT molecular complexity index is 475. The van der Waals surface area contributed by atoms with Gasteiger partial charge >= 0.3 is 5.97 Å². The van der Waals surface area contributed by atoms with Gasteiger partial charge in [-0.15, -0.1) is 0 Å². The van der Waals surface area contributed by atoms with Gasteiger partial charge in [-0.3, -0.25) is 0 Å². The van der Waals surface area contributed by atoms with Crippen LogP contribution in [0.5, 0.6) is 0 Å². The van der Waals surface area contributed by atoms with Gasteiger partial charge in [0.15, 0.2) is 0 Å². The van der Waals surface area contributed by atoms with E-state index in [-0.39, 0.29) is 0 Å². The van der Waals surface area contributed by atoms with Crippen LogP contribution in [0.1, 0.15) is 17.3 Å². The Balaban J connectivity index is 0.000000171. The van der Waals surface area contributed by atoms with Crippen molar-refractivity contribution in [2.75, 3.05) is 0 Å². The summed E-state index contributed by atoms with van der Waals surface area (Å²) < 4.78 is 1.86. The number of imidazole rings is 1. The first kappa shape index (κ1) is 12.7. The number of carboxylic acids is 1. The van der Waals surface area contributed by atoms with Crippen molar-refractivity contribution in [2.45, 2.75) is 6.92 Å². The van der Waals surface area contributed by atoms with E-state index >= 15 is 0 Å². The van der Waals surface area contributed by atoms with Crippen LogP contribution in [0.15, 0.2) is 55.6 Å². The highest BCUT2D eigenvalue weighted by Gasteiger charge is 1.96. The van der Waals surface area contributed by atoms with Crippen LogP contribution < -0.4 is 0 Å². The van der Waals surface area contributed by atoms with Gasteiger partial charge in [-0.1, -0.05) is 24.8 Å². The number of aromatic nitrogens is 2. The third kappa shape index (κ3) is 4.34. The third-order valence-electron chi connectivity index (χ3n) is 1.97. The molecule has 0 aliphatic rings. The lowest BCUT2D eigenvalue weighted by molar-refractivity contribution is 0.0697. The van der Waals surface area contributed by atoms with Crippen LogP contribution >= 0.6 is 0 Å². The van der Waals surface area contributed by atoms with E-state index in [0.717, 1.165) is 5.70 Å². The van der Waals surface area contributed by atoms with Crippen LogP contribution in [0.3, 0.4) is 0 Å². The highest BCUT2D eigenvalue weighted by molar-refractivity contribution is 5.87.